The summed E-state index contributed by atoms with van der Waals surface area (Å²) in [5, 5.41) is 12.5. The quantitative estimate of drug-likeness (QED) is 0.767. The summed E-state index contributed by atoms with van der Waals surface area (Å²) in [4.78, 5) is 10.7. The fraction of sp³-hybridized carbons (Fsp3) is 0.462. The minimum absolute atomic E-state index is 0.228. The van der Waals surface area contributed by atoms with Crippen molar-refractivity contribution in [3.63, 3.8) is 0 Å². The van der Waals surface area contributed by atoms with Gasteiger partial charge in [0.2, 0.25) is 5.91 Å². The van der Waals surface area contributed by atoms with Gasteiger partial charge in [-0.25, -0.2) is 0 Å². The Morgan fingerprint density at radius 1 is 1.56 bits per heavy atom. The van der Waals surface area contributed by atoms with Gasteiger partial charge in [0, 0.05) is 17.1 Å². The molecule has 0 saturated heterocycles. The number of fused-ring (bicyclic) bond motifs is 1. The summed E-state index contributed by atoms with van der Waals surface area (Å²) < 4.78 is 1.11. The monoisotopic (exact) mass is 312 g/mol. The average molecular weight is 313 g/mol. The molecule has 4 N–H and O–H groups in total. The van der Waals surface area contributed by atoms with Crippen LogP contribution < -0.4 is 11.1 Å². The number of aliphatic hydroxyl groups is 1. The fourth-order valence-electron chi connectivity index (χ4n) is 2.28. The summed E-state index contributed by atoms with van der Waals surface area (Å²) in [5.74, 6) is -0.678. The first-order valence-corrected chi connectivity index (χ1v) is 6.83. The first-order chi connectivity index (χ1) is 8.56. The highest BCUT2D eigenvalue weighted by Crippen LogP contribution is 2.24. The lowest BCUT2D eigenvalue weighted by atomic mass is 9.88. The molecular weight excluding hydrogens is 296 g/mol. The van der Waals surface area contributed by atoms with Crippen molar-refractivity contribution in [2.75, 3.05) is 6.54 Å². The van der Waals surface area contributed by atoms with Crippen LogP contribution in [-0.2, 0) is 17.6 Å². The topological polar surface area (TPSA) is 75.4 Å². The second kappa shape index (κ2) is 5.82. The number of hydrogen-bond donors (Lipinski definition) is 3. The van der Waals surface area contributed by atoms with E-state index in [0.717, 1.165) is 23.7 Å². The molecule has 1 aromatic carbocycles. The maximum atomic E-state index is 10.7. The summed E-state index contributed by atoms with van der Waals surface area (Å²) >= 11 is 3.47. The van der Waals surface area contributed by atoms with Crippen LogP contribution in [-0.4, -0.2) is 29.7 Å². The number of aryl methyl sites for hydroxylation is 1. The van der Waals surface area contributed by atoms with Crippen molar-refractivity contribution in [3.8, 4) is 0 Å². The van der Waals surface area contributed by atoms with Gasteiger partial charge in [-0.3, -0.25) is 4.79 Å². The maximum Gasteiger partial charge on any atom is 0.247 e. The van der Waals surface area contributed by atoms with E-state index in [0.29, 0.717) is 6.04 Å². The average Bonchev–Trinajstić information content (AvgIpc) is 2.35. The van der Waals surface area contributed by atoms with Gasteiger partial charge in [0.1, 0.15) is 6.10 Å². The molecule has 4 nitrogen and oxygen atoms in total. The number of halogens is 1. The second-order valence-electron chi connectivity index (χ2n) is 4.68. The van der Waals surface area contributed by atoms with Crippen molar-refractivity contribution < 1.29 is 9.90 Å². The normalized spacial score (nSPS) is 20.2. The van der Waals surface area contributed by atoms with Crippen molar-refractivity contribution in [1.29, 1.82) is 0 Å². The Hall–Kier alpha value is -0.910. The highest BCUT2D eigenvalue weighted by atomic mass is 79.9. The fourth-order valence-corrected chi connectivity index (χ4v) is 2.69. The van der Waals surface area contributed by atoms with E-state index in [4.69, 9.17) is 5.73 Å². The van der Waals surface area contributed by atoms with Gasteiger partial charge < -0.3 is 16.2 Å². The third-order valence-electron chi connectivity index (χ3n) is 3.33. The number of carbonyl (C=O) groups is 1. The summed E-state index contributed by atoms with van der Waals surface area (Å²) in [5.41, 5.74) is 7.71. The van der Waals surface area contributed by atoms with Crippen LogP contribution in [0.15, 0.2) is 22.7 Å². The van der Waals surface area contributed by atoms with Gasteiger partial charge in [-0.1, -0.05) is 22.0 Å². The van der Waals surface area contributed by atoms with Gasteiger partial charge in [-0.2, -0.15) is 0 Å². The Morgan fingerprint density at radius 3 is 3.06 bits per heavy atom. The van der Waals surface area contributed by atoms with E-state index in [1.54, 1.807) is 0 Å². The number of primary amides is 1. The lowest BCUT2D eigenvalue weighted by Gasteiger charge is -2.26. The zero-order chi connectivity index (χ0) is 13.1. The smallest absolute Gasteiger partial charge is 0.247 e. The minimum Gasteiger partial charge on any atom is -0.382 e. The Balaban J connectivity index is 1.92. The summed E-state index contributed by atoms with van der Waals surface area (Å²) in [6.07, 6.45) is 1.85. The van der Waals surface area contributed by atoms with Crippen molar-refractivity contribution in [3.05, 3.63) is 33.8 Å². The lowest BCUT2D eigenvalue weighted by Crippen LogP contribution is -2.43. The predicted molar refractivity (Wildman–Crippen MR) is 73.2 cm³/mol. The number of amides is 1. The molecule has 18 heavy (non-hydrogen) atoms. The highest BCUT2D eigenvalue weighted by Gasteiger charge is 2.20. The Labute approximate surface area is 115 Å². The van der Waals surface area contributed by atoms with Gasteiger partial charge in [0.15, 0.2) is 0 Å². The molecule has 2 atom stereocenters. The van der Waals surface area contributed by atoms with E-state index in [1.807, 2.05) is 6.07 Å². The number of rotatable bonds is 4. The zero-order valence-electron chi connectivity index (χ0n) is 10.0. The Morgan fingerprint density at radius 2 is 2.33 bits per heavy atom. The molecule has 0 heterocycles. The Kier molecular flexibility index (Phi) is 4.37. The van der Waals surface area contributed by atoms with Crippen molar-refractivity contribution in [2.24, 2.45) is 5.73 Å². The molecule has 0 spiro atoms. The van der Waals surface area contributed by atoms with Crippen LogP contribution in [0, 0.1) is 0 Å². The van der Waals surface area contributed by atoms with Crippen LogP contribution in [0.4, 0.5) is 0 Å². The van der Waals surface area contributed by atoms with E-state index in [-0.39, 0.29) is 6.54 Å². The largest absolute Gasteiger partial charge is 0.382 e. The summed E-state index contributed by atoms with van der Waals surface area (Å²) in [6, 6.07) is 6.62. The van der Waals surface area contributed by atoms with Crippen LogP contribution in [0.3, 0.4) is 0 Å². The molecule has 0 aromatic heterocycles. The number of aliphatic hydroxyl groups excluding tert-OH is 1. The molecule has 98 valence electrons. The molecule has 5 heteroatoms. The molecule has 0 saturated carbocycles. The molecule has 1 aromatic rings. The van der Waals surface area contributed by atoms with E-state index < -0.39 is 12.0 Å². The number of carbonyl (C=O) groups excluding carboxylic acids is 1. The molecular formula is C13H17BrN2O2. The zero-order valence-corrected chi connectivity index (χ0v) is 11.6. The molecule has 0 fully saturated rings. The maximum absolute atomic E-state index is 10.7. The van der Waals surface area contributed by atoms with Crippen molar-refractivity contribution in [2.45, 2.75) is 31.4 Å². The van der Waals surface area contributed by atoms with Crippen LogP contribution in [0.5, 0.6) is 0 Å². The predicted octanol–water partition coefficient (Wildman–Crippen LogP) is 0.742. The highest BCUT2D eigenvalue weighted by molar-refractivity contribution is 9.10. The van der Waals surface area contributed by atoms with E-state index >= 15 is 0 Å². The molecule has 0 aliphatic heterocycles. The van der Waals surface area contributed by atoms with E-state index in [9.17, 15) is 9.90 Å². The molecule has 2 unspecified atom stereocenters. The van der Waals surface area contributed by atoms with Crippen LogP contribution in [0.25, 0.3) is 0 Å². The molecule has 2 rings (SSSR count). The van der Waals surface area contributed by atoms with E-state index in [2.05, 4.69) is 33.4 Å². The van der Waals surface area contributed by atoms with Gasteiger partial charge in [-0.15, -0.1) is 0 Å². The minimum atomic E-state index is -1.10. The SMILES string of the molecule is NC(=O)C(O)CNC1CCc2cc(Br)ccc2C1. The third-order valence-corrected chi connectivity index (χ3v) is 3.82. The van der Waals surface area contributed by atoms with Gasteiger partial charge in [-0.05, 0) is 42.5 Å². The summed E-state index contributed by atoms with van der Waals surface area (Å²) in [7, 11) is 0. The van der Waals surface area contributed by atoms with Crippen molar-refractivity contribution in [1.82, 2.24) is 5.32 Å². The first-order valence-electron chi connectivity index (χ1n) is 6.04. The lowest BCUT2D eigenvalue weighted by molar-refractivity contribution is -0.125. The Bertz CT molecular complexity index is 451. The molecule has 1 aliphatic carbocycles. The van der Waals surface area contributed by atoms with Gasteiger partial charge in [0.05, 0.1) is 0 Å². The number of nitrogens with one attached hydrogen (secondary N) is 1. The summed E-state index contributed by atoms with van der Waals surface area (Å²) in [6.45, 7) is 0.228. The van der Waals surface area contributed by atoms with Crippen LogP contribution in [0.2, 0.25) is 0 Å². The molecule has 1 aliphatic rings. The standard InChI is InChI=1S/C13H17BrN2O2/c14-10-3-1-9-6-11(4-2-8(9)5-10)16-7-12(17)13(15)18/h1,3,5,11-12,16-17H,2,4,6-7H2,(H2,15,18). The van der Waals surface area contributed by atoms with Gasteiger partial charge in [0.25, 0.3) is 0 Å². The molecule has 1 amide bonds. The van der Waals surface area contributed by atoms with Crippen LogP contribution >= 0.6 is 15.9 Å². The number of hydrogen-bond acceptors (Lipinski definition) is 3. The van der Waals surface area contributed by atoms with Crippen LogP contribution in [0.1, 0.15) is 17.5 Å². The number of nitrogens with two attached hydrogens (primary N) is 1. The van der Waals surface area contributed by atoms with E-state index in [1.165, 1.54) is 11.1 Å². The van der Waals surface area contributed by atoms with Crippen molar-refractivity contribution >= 4 is 21.8 Å². The number of benzene rings is 1. The first kappa shape index (κ1) is 13.5. The second-order valence-corrected chi connectivity index (χ2v) is 5.59. The van der Waals surface area contributed by atoms with Gasteiger partial charge >= 0.3 is 0 Å². The molecule has 0 bridgehead atoms. The molecule has 0 radical (unpaired) electrons. The third kappa shape index (κ3) is 3.31.